The van der Waals surface area contributed by atoms with Crippen molar-refractivity contribution in [1.82, 2.24) is 24.3 Å². The van der Waals surface area contributed by atoms with Gasteiger partial charge in [0.2, 0.25) is 0 Å². The third-order valence-electron chi connectivity index (χ3n) is 7.67. The van der Waals surface area contributed by atoms with Crippen LogP contribution in [0.5, 0.6) is 0 Å². The van der Waals surface area contributed by atoms with Gasteiger partial charge in [-0.1, -0.05) is 13.8 Å². The fourth-order valence-corrected chi connectivity index (χ4v) is 5.86. The zero-order valence-electron chi connectivity index (χ0n) is 19.5. The van der Waals surface area contributed by atoms with Crippen LogP contribution in [0.1, 0.15) is 44.1 Å². The third-order valence-corrected chi connectivity index (χ3v) is 7.67. The second kappa shape index (κ2) is 8.27. The summed E-state index contributed by atoms with van der Waals surface area (Å²) in [7, 11) is 2.18. The predicted molar refractivity (Wildman–Crippen MR) is 122 cm³/mol. The highest BCUT2D eigenvalue weighted by Crippen LogP contribution is 2.62. The SMILES string of the molecule is CC(C)Cc1nc(-c2cnc(N)c(C(F)(F)F)c2)cn1C1[C@H]2CC(N3CCN(C)CC3)C[C@@H]12. The van der Waals surface area contributed by atoms with E-state index < -0.39 is 17.6 Å². The highest BCUT2D eigenvalue weighted by atomic mass is 19.4. The van der Waals surface area contributed by atoms with Crippen LogP contribution in [0.4, 0.5) is 19.0 Å². The second-order valence-corrected chi connectivity index (χ2v) is 10.5. The summed E-state index contributed by atoms with van der Waals surface area (Å²) in [4.78, 5) is 13.6. The summed E-state index contributed by atoms with van der Waals surface area (Å²) in [5.41, 5.74) is 5.50. The Hall–Kier alpha value is -2.13. The number of hydrogen-bond donors (Lipinski definition) is 1. The molecule has 33 heavy (non-hydrogen) atoms. The van der Waals surface area contributed by atoms with Crippen molar-refractivity contribution in [3.05, 3.63) is 29.8 Å². The average molecular weight is 463 g/mol. The number of hydrogen-bond acceptors (Lipinski definition) is 5. The lowest BCUT2D eigenvalue weighted by Gasteiger charge is -2.37. The number of fused-ring (bicyclic) bond motifs is 1. The van der Waals surface area contributed by atoms with Crippen LogP contribution >= 0.6 is 0 Å². The van der Waals surface area contributed by atoms with Gasteiger partial charge in [0.1, 0.15) is 11.6 Å². The van der Waals surface area contributed by atoms with Crippen LogP contribution in [0.15, 0.2) is 18.5 Å². The summed E-state index contributed by atoms with van der Waals surface area (Å²) in [6.07, 6.45) is 2.01. The van der Waals surface area contributed by atoms with E-state index in [9.17, 15) is 13.2 Å². The van der Waals surface area contributed by atoms with E-state index in [2.05, 4.69) is 40.2 Å². The number of anilines is 1. The maximum Gasteiger partial charge on any atom is 0.419 e. The first-order valence-corrected chi connectivity index (χ1v) is 11.9. The Morgan fingerprint density at radius 2 is 1.79 bits per heavy atom. The number of nitrogens with zero attached hydrogens (tertiary/aromatic N) is 5. The molecule has 3 heterocycles. The number of pyridine rings is 1. The number of nitrogens with two attached hydrogens (primary N) is 1. The molecule has 3 aliphatic rings. The van der Waals surface area contributed by atoms with Crippen LogP contribution in [0.25, 0.3) is 11.3 Å². The Kier molecular flexibility index (Phi) is 5.68. The fraction of sp³-hybridized carbons (Fsp3) is 0.667. The highest BCUT2D eigenvalue weighted by molar-refractivity contribution is 5.62. The van der Waals surface area contributed by atoms with Gasteiger partial charge in [-0.2, -0.15) is 13.2 Å². The number of halogens is 3. The topological polar surface area (TPSA) is 63.2 Å². The van der Waals surface area contributed by atoms with Crippen LogP contribution in [-0.4, -0.2) is 63.6 Å². The maximum atomic E-state index is 13.4. The van der Waals surface area contributed by atoms with Gasteiger partial charge in [-0.25, -0.2) is 9.97 Å². The largest absolute Gasteiger partial charge is 0.419 e. The molecule has 2 aromatic rings. The molecular formula is C24H33F3N6. The lowest BCUT2D eigenvalue weighted by atomic mass is 10.1. The average Bonchev–Trinajstić information content (AvgIpc) is 3.07. The third kappa shape index (κ3) is 4.37. The summed E-state index contributed by atoms with van der Waals surface area (Å²) < 4.78 is 42.3. The zero-order chi connectivity index (χ0) is 23.5. The predicted octanol–water partition coefficient (Wildman–Crippen LogP) is 3.94. The normalized spacial score (nSPS) is 28.5. The number of aromatic nitrogens is 3. The molecule has 9 heteroatoms. The van der Waals surface area contributed by atoms with Gasteiger partial charge in [-0.05, 0) is 43.7 Å². The second-order valence-electron chi connectivity index (χ2n) is 10.5. The van der Waals surface area contributed by atoms with Crippen molar-refractivity contribution >= 4 is 5.82 Å². The van der Waals surface area contributed by atoms with E-state index >= 15 is 0 Å². The van der Waals surface area contributed by atoms with Crippen molar-refractivity contribution in [1.29, 1.82) is 0 Å². The molecule has 2 aliphatic carbocycles. The number of alkyl halides is 3. The molecule has 5 rings (SSSR count). The van der Waals surface area contributed by atoms with E-state index in [1.54, 1.807) is 0 Å². The van der Waals surface area contributed by atoms with Crippen molar-refractivity contribution in [3.8, 4) is 11.3 Å². The Bertz CT molecular complexity index is 996. The standard InChI is InChI=1S/C24H33F3N6/c1-14(2)8-21-30-20(15-9-19(24(25,26)27)23(28)29-12-15)13-33(21)22-17-10-16(11-18(17)22)32-6-4-31(3)5-7-32/h9,12-14,16-18,22H,4-8,10-11H2,1-3H3,(H2,28,29)/t16?,17-,18+,22?. The Labute approximate surface area is 193 Å². The van der Waals surface area contributed by atoms with Crippen molar-refractivity contribution < 1.29 is 13.2 Å². The molecular weight excluding hydrogens is 429 g/mol. The minimum absolute atomic E-state index is 0.362. The van der Waals surface area contributed by atoms with Gasteiger partial charge in [-0.15, -0.1) is 0 Å². The molecule has 0 spiro atoms. The number of imidazole rings is 1. The van der Waals surface area contributed by atoms with Crippen molar-refractivity contribution in [3.63, 3.8) is 0 Å². The number of likely N-dealkylation sites (N-methyl/N-ethyl adjacent to an activating group) is 1. The molecule has 3 fully saturated rings. The molecule has 180 valence electrons. The molecule has 0 radical (unpaired) electrons. The first-order valence-electron chi connectivity index (χ1n) is 11.9. The maximum absolute atomic E-state index is 13.4. The Balaban J connectivity index is 1.37. The summed E-state index contributed by atoms with van der Waals surface area (Å²) >= 11 is 0. The molecule has 0 amide bonds. The lowest BCUT2D eigenvalue weighted by molar-refractivity contribution is -0.137. The van der Waals surface area contributed by atoms with Crippen LogP contribution in [0, 0.1) is 17.8 Å². The van der Waals surface area contributed by atoms with Gasteiger partial charge in [0.25, 0.3) is 0 Å². The molecule has 2 N–H and O–H groups in total. The fourth-order valence-electron chi connectivity index (χ4n) is 5.86. The molecule has 0 aromatic carbocycles. The number of nitrogen functional groups attached to an aromatic ring is 1. The van der Waals surface area contributed by atoms with Gasteiger partial charge in [-0.3, -0.25) is 4.90 Å². The summed E-state index contributed by atoms with van der Waals surface area (Å²) in [5, 5.41) is 0. The first kappa shape index (κ1) is 22.7. The quantitative estimate of drug-likeness (QED) is 0.729. The van der Waals surface area contributed by atoms with Gasteiger partial charge in [0, 0.05) is 62.6 Å². The molecule has 6 nitrogen and oxygen atoms in total. The minimum Gasteiger partial charge on any atom is -0.383 e. The lowest BCUT2D eigenvalue weighted by Crippen LogP contribution is -2.48. The van der Waals surface area contributed by atoms with Crippen molar-refractivity contribution in [2.45, 2.75) is 51.4 Å². The molecule has 2 unspecified atom stereocenters. The molecule has 4 atom stereocenters. The van der Waals surface area contributed by atoms with E-state index in [1.807, 2.05) is 6.20 Å². The smallest absolute Gasteiger partial charge is 0.383 e. The first-order chi connectivity index (χ1) is 15.6. The minimum atomic E-state index is -4.54. The monoisotopic (exact) mass is 462 g/mol. The van der Waals surface area contributed by atoms with Gasteiger partial charge < -0.3 is 15.2 Å². The molecule has 2 aromatic heterocycles. The van der Waals surface area contributed by atoms with E-state index in [1.165, 1.54) is 19.0 Å². The molecule has 1 aliphatic heterocycles. The molecule has 0 bridgehead atoms. The summed E-state index contributed by atoms with van der Waals surface area (Å²) in [5.74, 6) is 2.14. The highest BCUT2D eigenvalue weighted by Gasteiger charge is 2.58. The van der Waals surface area contributed by atoms with E-state index in [4.69, 9.17) is 10.7 Å². The van der Waals surface area contributed by atoms with Gasteiger partial charge in [0.05, 0.1) is 11.3 Å². The summed E-state index contributed by atoms with van der Waals surface area (Å²) in [6, 6.07) is 2.15. The van der Waals surface area contributed by atoms with Crippen LogP contribution in [-0.2, 0) is 12.6 Å². The molecule has 2 saturated carbocycles. The van der Waals surface area contributed by atoms with E-state index in [0.29, 0.717) is 41.1 Å². The van der Waals surface area contributed by atoms with Crippen molar-refractivity contribution in [2.24, 2.45) is 17.8 Å². The number of rotatable bonds is 5. The number of piperazine rings is 1. The van der Waals surface area contributed by atoms with Crippen LogP contribution < -0.4 is 5.73 Å². The Morgan fingerprint density at radius 1 is 1.12 bits per heavy atom. The van der Waals surface area contributed by atoms with Crippen molar-refractivity contribution in [2.75, 3.05) is 39.0 Å². The molecule has 1 saturated heterocycles. The van der Waals surface area contributed by atoms with Crippen LogP contribution in [0.3, 0.4) is 0 Å². The van der Waals surface area contributed by atoms with Gasteiger partial charge >= 0.3 is 6.18 Å². The van der Waals surface area contributed by atoms with E-state index in [0.717, 1.165) is 44.5 Å². The zero-order valence-corrected chi connectivity index (χ0v) is 19.5. The van der Waals surface area contributed by atoms with E-state index in [-0.39, 0.29) is 0 Å². The van der Waals surface area contributed by atoms with Crippen LogP contribution in [0.2, 0.25) is 0 Å². The Morgan fingerprint density at radius 3 is 2.39 bits per heavy atom. The summed E-state index contributed by atoms with van der Waals surface area (Å²) in [6.45, 7) is 8.84. The van der Waals surface area contributed by atoms with Gasteiger partial charge in [0.15, 0.2) is 0 Å².